The summed E-state index contributed by atoms with van der Waals surface area (Å²) in [6, 6.07) is 13.9. The number of nitrogens with one attached hydrogen (secondary N) is 1. The van der Waals surface area contributed by atoms with E-state index in [-0.39, 0.29) is 11.3 Å². The number of alkyl halides is 1. The van der Waals surface area contributed by atoms with E-state index in [4.69, 9.17) is 11.6 Å². The van der Waals surface area contributed by atoms with Gasteiger partial charge >= 0.3 is 0 Å². The number of hydrogen-bond acceptors (Lipinski definition) is 1. The van der Waals surface area contributed by atoms with Gasteiger partial charge < -0.3 is 5.32 Å². The fourth-order valence-electron chi connectivity index (χ4n) is 2.39. The summed E-state index contributed by atoms with van der Waals surface area (Å²) in [7, 11) is 0. The number of amides is 1. The molecule has 1 N–H and O–H groups in total. The molecule has 2 rings (SSSR count). The van der Waals surface area contributed by atoms with Crippen LogP contribution < -0.4 is 5.32 Å². The molecule has 2 aromatic rings. The van der Waals surface area contributed by atoms with E-state index in [0.717, 1.165) is 23.6 Å². The van der Waals surface area contributed by atoms with E-state index in [1.807, 2.05) is 42.5 Å². The summed E-state index contributed by atoms with van der Waals surface area (Å²) < 4.78 is 0. The second-order valence-corrected chi connectivity index (χ2v) is 6.58. The Kier molecular flexibility index (Phi) is 5.24. The van der Waals surface area contributed by atoms with Crippen molar-refractivity contribution in [1.82, 2.24) is 5.32 Å². The number of hydrogen-bond donors (Lipinski definition) is 1. The average Bonchev–Trinajstić information content (AvgIpc) is 2.50. The normalized spacial score (nSPS) is 11.6. The highest BCUT2D eigenvalue weighted by Gasteiger charge is 2.18. The van der Waals surface area contributed by atoms with Crippen molar-refractivity contribution >= 4 is 28.3 Å². The number of benzene rings is 2. The van der Waals surface area contributed by atoms with Crippen LogP contribution in [0, 0.1) is 5.41 Å². The van der Waals surface area contributed by atoms with Crippen LogP contribution in [0.2, 0.25) is 0 Å². The summed E-state index contributed by atoms with van der Waals surface area (Å²) >= 11 is 5.73. The van der Waals surface area contributed by atoms with Crippen LogP contribution in [0.25, 0.3) is 10.8 Å². The molecule has 21 heavy (non-hydrogen) atoms. The number of carbonyl (C=O) groups is 1. The maximum Gasteiger partial charge on any atom is 0.251 e. The Morgan fingerprint density at radius 2 is 1.86 bits per heavy atom. The fraction of sp³-hybridized carbons (Fsp3) is 0.389. The van der Waals surface area contributed by atoms with E-state index in [1.165, 1.54) is 0 Å². The van der Waals surface area contributed by atoms with Gasteiger partial charge in [0.2, 0.25) is 0 Å². The second-order valence-electron chi connectivity index (χ2n) is 6.20. The minimum absolute atomic E-state index is 0.0142. The number of rotatable bonds is 6. The first-order chi connectivity index (χ1) is 10.0. The van der Waals surface area contributed by atoms with Gasteiger partial charge in [0.05, 0.1) is 0 Å². The Labute approximate surface area is 131 Å². The minimum atomic E-state index is -0.0142. The molecule has 0 atom stereocenters. The summed E-state index contributed by atoms with van der Waals surface area (Å²) in [6.45, 7) is 4.97. The first kappa shape index (κ1) is 15.8. The summed E-state index contributed by atoms with van der Waals surface area (Å²) in [6.07, 6.45) is 1.98. The molecule has 1 amide bonds. The Bertz CT molecular complexity index is 621. The Morgan fingerprint density at radius 3 is 2.57 bits per heavy atom. The van der Waals surface area contributed by atoms with Crippen molar-refractivity contribution in [3.8, 4) is 0 Å². The first-order valence-corrected chi connectivity index (χ1v) is 7.88. The molecule has 0 saturated heterocycles. The molecule has 0 aliphatic heterocycles. The van der Waals surface area contributed by atoms with Gasteiger partial charge in [-0.15, -0.1) is 11.6 Å². The molecule has 0 unspecified atom stereocenters. The molecule has 0 saturated carbocycles. The standard InChI is InChI=1S/C18H22ClNO/c1-18(2,10-5-11-19)13-20-17(21)16-9-8-14-6-3-4-7-15(14)12-16/h3-4,6-9,12H,5,10-11,13H2,1-2H3,(H,20,21). The molecule has 0 bridgehead atoms. The molecule has 2 aromatic carbocycles. The van der Waals surface area contributed by atoms with Gasteiger partial charge in [0.15, 0.2) is 0 Å². The molecular formula is C18H22ClNO. The lowest BCUT2D eigenvalue weighted by molar-refractivity contribution is 0.0934. The van der Waals surface area contributed by atoms with E-state index < -0.39 is 0 Å². The molecule has 0 aliphatic carbocycles. The maximum absolute atomic E-state index is 12.3. The summed E-state index contributed by atoms with van der Waals surface area (Å²) in [5, 5.41) is 5.27. The number of carbonyl (C=O) groups excluding carboxylic acids is 1. The van der Waals surface area contributed by atoms with Gasteiger partial charge in [-0.25, -0.2) is 0 Å². The lowest BCUT2D eigenvalue weighted by atomic mass is 9.88. The molecule has 0 aliphatic rings. The fourth-order valence-corrected chi connectivity index (χ4v) is 2.52. The van der Waals surface area contributed by atoms with Crippen molar-refractivity contribution in [2.24, 2.45) is 5.41 Å². The zero-order valence-electron chi connectivity index (χ0n) is 12.7. The van der Waals surface area contributed by atoms with Gasteiger partial charge in [0, 0.05) is 18.0 Å². The van der Waals surface area contributed by atoms with E-state index in [2.05, 4.69) is 19.2 Å². The van der Waals surface area contributed by atoms with Gasteiger partial charge in [-0.3, -0.25) is 4.79 Å². The van der Waals surface area contributed by atoms with Crippen LogP contribution >= 0.6 is 11.6 Å². The zero-order chi connectivity index (χ0) is 15.3. The van der Waals surface area contributed by atoms with Crippen LogP contribution in [0.4, 0.5) is 0 Å². The molecule has 0 radical (unpaired) electrons. The van der Waals surface area contributed by atoms with E-state index in [1.54, 1.807) is 0 Å². The van der Waals surface area contributed by atoms with E-state index in [0.29, 0.717) is 18.0 Å². The SMILES string of the molecule is CC(C)(CCCCl)CNC(=O)c1ccc2ccccc2c1. The lowest BCUT2D eigenvalue weighted by Crippen LogP contribution is -2.34. The molecule has 0 aromatic heterocycles. The van der Waals surface area contributed by atoms with Gasteiger partial charge in [-0.1, -0.05) is 44.2 Å². The summed E-state index contributed by atoms with van der Waals surface area (Å²) in [5.41, 5.74) is 0.781. The Morgan fingerprint density at radius 1 is 1.14 bits per heavy atom. The Hall–Kier alpha value is -1.54. The molecule has 3 heteroatoms. The summed E-state index contributed by atoms with van der Waals surface area (Å²) in [4.78, 5) is 12.3. The zero-order valence-corrected chi connectivity index (χ0v) is 13.4. The van der Waals surface area contributed by atoms with Crippen LogP contribution in [0.15, 0.2) is 42.5 Å². The highest BCUT2D eigenvalue weighted by atomic mass is 35.5. The maximum atomic E-state index is 12.3. The van der Waals surface area contributed by atoms with Crippen LogP contribution in [-0.4, -0.2) is 18.3 Å². The predicted octanol–water partition coefficient (Wildman–Crippen LogP) is 4.61. The molecule has 2 nitrogen and oxygen atoms in total. The third-order valence-electron chi connectivity index (χ3n) is 3.73. The minimum Gasteiger partial charge on any atom is -0.352 e. The van der Waals surface area contributed by atoms with E-state index in [9.17, 15) is 4.79 Å². The van der Waals surface area contributed by atoms with Crippen LogP contribution in [0.1, 0.15) is 37.0 Å². The second kappa shape index (κ2) is 6.95. The number of halogens is 1. The van der Waals surface area contributed by atoms with Crippen LogP contribution in [-0.2, 0) is 0 Å². The van der Waals surface area contributed by atoms with Crippen molar-refractivity contribution in [2.75, 3.05) is 12.4 Å². The lowest BCUT2D eigenvalue weighted by Gasteiger charge is -2.24. The number of fused-ring (bicyclic) bond motifs is 1. The topological polar surface area (TPSA) is 29.1 Å². The van der Waals surface area contributed by atoms with Crippen molar-refractivity contribution in [3.05, 3.63) is 48.0 Å². The van der Waals surface area contributed by atoms with Crippen molar-refractivity contribution < 1.29 is 4.79 Å². The summed E-state index contributed by atoms with van der Waals surface area (Å²) in [5.74, 6) is 0.655. The van der Waals surface area contributed by atoms with Crippen molar-refractivity contribution in [2.45, 2.75) is 26.7 Å². The molecule has 0 spiro atoms. The Balaban J connectivity index is 2.02. The van der Waals surface area contributed by atoms with Gasteiger partial charge in [-0.2, -0.15) is 0 Å². The highest BCUT2D eigenvalue weighted by molar-refractivity contribution is 6.17. The van der Waals surface area contributed by atoms with Gasteiger partial charge in [0.1, 0.15) is 0 Å². The van der Waals surface area contributed by atoms with Crippen molar-refractivity contribution in [3.63, 3.8) is 0 Å². The largest absolute Gasteiger partial charge is 0.352 e. The molecule has 0 heterocycles. The average molecular weight is 304 g/mol. The third-order valence-corrected chi connectivity index (χ3v) is 3.99. The smallest absolute Gasteiger partial charge is 0.251 e. The van der Waals surface area contributed by atoms with Crippen LogP contribution in [0.5, 0.6) is 0 Å². The third kappa shape index (κ3) is 4.47. The first-order valence-electron chi connectivity index (χ1n) is 7.35. The van der Waals surface area contributed by atoms with Gasteiger partial charge in [0.25, 0.3) is 5.91 Å². The van der Waals surface area contributed by atoms with E-state index >= 15 is 0 Å². The molecular weight excluding hydrogens is 282 g/mol. The van der Waals surface area contributed by atoms with Crippen LogP contribution in [0.3, 0.4) is 0 Å². The quantitative estimate of drug-likeness (QED) is 0.775. The molecule has 112 valence electrons. The highest BCUT2D eigenvalue weighted by Crippen LogP contribution is 2.22. The monoisotopic (exact) mass is 303 g/mol. The van der Waals surface area contributed by atoms with Crippen molar-refractivity contribution in [1.29, 1.82) is 0 Å². The van der Waals surface area contributed by atoms with Gasteiger partial charge in [-0.05, 0) is 41.2 Å². The molecule has 0 fully saturated rings. The predicted molar refractivity (Wildman–Crippen MR) is 90.0 cm³/mol.